The number of unbranched alkanes of at least 4 members (excludes halogenated alkanes) is 2. The Kier molecular flexibility index (Phi) is 16.2. The number of Topliss-reactive ketones (excluding diaryl/α,β-unsaturated/α-hetero) is 1. The number of nitrogens with one attached hydrogen (secondary N) is 5. The van der Waals surface area contributed by atoms with Crippen molar-refractivity contribution in [3.05, 3.63) is 109 Å². The van der Waals surface area contributed by atoms with Crippen molar-refractivity contribution < 1.29 is 57.7 Å². The van der Waals surface area contributed by atoms with Gasteiger partial charge in [-0.2, -0.15) is 0 Å². The molecule has 410 valence electrons. The highest BCUT2D eigenvalue weighted by atomic mass is 16.6. The SMILES string of the molecule is CC[C@@]1(O)C(=O)OCc2c1cc1n(c2=O)Cc2c-1nc1cc(C)c(C)c3c1c2[C@@H](CC(=O)C1(OCNC(=O)CNC(=O)[C@H](Cc2ccccc2)NC(=O)CNC(=O)CNC(=O)CCCCCN2C(=O)C=CC2=O)CCC1)CC3. The normalized spacial score (nSPS) is 18.7. The zero-order valence-corrected chi connectivity index (χ0v) is 44.0. The summed E-state index contributed by atoms with van der Waals surface area (Å²) in [6.07, 6.45) is 7.32. The monoisotopic (exact) mass is 1070 g/mol. The fraction of sp³-hybridized carbons (Fsp3) is 0.456. The number of hydrogen-bond acceptors (Lipinski definition) is 14. The van der Waals surface area contributed by atoms with Gasteiger partial charge in [-0.3, -0.25) is 48.1 Å². The van der Waals surface area contributed by atoms with Gasteiger partial charge in [-0.25, -0.2) is 9.78 Å². The third-order valence-corrected chi connectivity index (χ3v) is 16.0. The molecule has 0 radical (unpaired) electrons. The maximum Gasteiger partial charge on any atom is 0.343 e. The van der Waals surface area contributed by atoms with E-state index in [2.05, 4.69) is 33.5 Å². The predicted octanol–water partition coefficient (Wildman–Crippen LogP) is 2.26. The second-order valence-electron chi connectivity index (χ2n) is 20.8. The van der Waals surface area contributed by atoms with Gasteiger partial charge in [0.05, 0.1) is 48.6 Å². The minimum absolute atomic E-state index is 0.0110. The molecular formula is C57H64N8O13. The summed E-state index contributed by atoms with van der Waals surface area (Å²) in [7, 11) is 0. The lowest BCUT2D eigenvalue weighted by Gasteiger charge is -2.41. The highest BCUT2D eigenvalue weighted by Crippen LogP contribution is 2.49. The number of carbonyl (C=O) groups is 9. The van der Waals surface area contributed by atoms with Crippen molar-refractivity contribution in [2.24, 2.45) is 0 Å². The highest BCUT2D eigenvalue weighted by molar-refractivity contribution is 6.12. The molecule has 1 fully saturated rings. The molecular weight excluding hydrogens is 1000 g/mol. The molecule has 21 heteroatoms. The third kappa shape index (κ3) is 11.1. The number of benzene rings is 2. The lowest BCUT2D eigenvalue weighted by atomic mass is 9.70. The Morgan fingerprint density at radius 3 is 2.27 bits per heavy atom. The van der Waals surface area contributed by atoms with Crippen LogP contribution >= 0.6 is 0 Å². The first-order valence-corrected chi connectivity index (χ1v) is 26.7. The van der Waals surface area contributed by atoms with Gasteiger partial charge in [0.15, 0.2) is 11.4 Å². The van der Waals surface area contributed by atoms with Crippen LogP contribution in [0.4, 0.5) is 0 Å². The number of rotatable bonds is 23. The Labute approximate surface area is 449 Å². The van der Waals surface area contributed by atoms with Gasteiger partial charge in [-0.1, -0.05) is 43.7 Å². The van der Waals surface area contributed by atoms with Gasteiger partial charge < -0.3 is 45.7 Å². The summed E-state index contributed by atoms with van der Waals surface area (Å²) >= 11 is 0. The molecule has 3 atom stereocenters. The van der Waals surface area contributed by atoms with Crippen molar-refractivity contribution in [2.75, 3.05) is 32.9 Å². The largest absolute Gasteiger partial charge is 0.458 e. The van der Waals surface area contributed by atoms with Crippen LogP contribution in [-0.2, 0) is 84.2 Å². The maximum absolute atomic E-state index is 14.6. The molecule has 0 saturated heterocycles. The molecule has 5 aliphatic rings. The van der Waals surface area contributed by atoms with Crippen molar-refractivity contribution >= 4 is 64.0 Å². The molecule has 4 aromatic rings. The Hall–Kier alpha value is -7.91. The lowest BCUT2D eigenvalue weighted by Crippen LogP contribution is -2.53. The van der Waals surface area contributed by atoms with E-state index in [4.69, 9.17) is 14.5 Å². The molecule has 2 aromatic heterocycles. The van der Waals surface area contributed by atoms with Gasteiger partial charge in [0.25, 0.3) is 17.4 Å². The van der Waals surface area contributed by atoms with Crippen LogP contribution in [0, 0.1) is 13.8 Å². The second-order valence-corrected chi connectivity index (χ2v) is 20.8. The first-order valence-electron chi connectivity index (χ1n) is 26.7. The van der Waals surface area contributed by atoms with Gasteiger partial charge in [-0.05, 0) is 111 Å². The van der Waals surface area contributed by atoms with Crippen LogP contribution in [0.1, 0.15) is 122 Å². The Bertz CT molecular complexity index is 3220. The predicted molar refractivity (Wildman–Crippen MR) is 281 cm³/mol. The summed E-state index contributed by atoms with van der Waals surface area (Å²) in [5, 5.41) is 25.2. The van der Waals surface area contributed by atoms with E-state index >= 15 is 0 Å². The Morgan fingerprint density at radius 2 is 1.55 bits per heavy atom. The summed E-state index contributed by atoms with van der Waals surface area (Å²) in [6, 6.07) is 11.5. The van der Waals surface area contributed by atoms with Crippen LogP contribution in [-0.4, -0.2) is 117 Å². The minimum atomic E-state index is -1.98. The molecule has 6 N–H and O–H groups in total. The summed E-state index contributed by atoms with van der Waals surface area (Å²) in [4.78, 5) is 136. The van der Waals surface area contributed by atoms with E-state index in [0.717, 1.165) is 50.0 Å². The second kappa shape index (κ2) is 23.0. The molecule has 7 amide bonds. The molecule has 9 rings (SSSR count). The lowest BCUT2D eigenvalue weighted by molar-refractivity contribution is -0.172. The van der Waals surface area contributed by atoms with Crippen LogP contribution in [0.3, 0.4) is 0 Å². The Morgan fingerprint density at radius 1 is 0.846 bits per heavy atom. The number of esters is 1. The Balaban J connectivity index is 0.779. The van der Waals surface area contributed by atoms with E-state index in [-0.39, 0.29) is 105 Å². The summed E-state index contributed by atoms with van der Waals surface area (Å²) in [5.74, 6) is -4.90. The molecule has 2 aromatic carbocycles. The number of imide groups is 1. The van der Waals surface area contributed by atoms with Gasteiger partial charge >= 0.3 is 5.97 Å². The molecule has 0 bridgehead atoms. The molecule has 78 heavy (non-hydrogen) atoms. The van der Waals surface area contributed by atoms with Crippen LogP contribution in [0.2, 0.25) is 0 Å². The number of amides is 7. The number of aromatic nitrogens is 2. The number of nitrogens with zero attached hydrogens (tertiary/aromatic N) is 3. The first kappa shape index (κ1) is 54.9. The number of aliphatic hydroxyl groups is 1. The molecule has 0 unspecified atom stereocenters. The fourth-order valence-corrected chi connectivity index (χ4v) is 11.2. The zero-order valence-electron chi connectivity index (χ0n) is 44.0. The number of aryl methyl sites for hydroxylation is 2. The smallest absolute Gasteiger partial charge is 0.343 e. The number of ketones is 1. The number of pyridine rings is 2. The van der Waals surface area contributed by atoms with Crippen LogP contribution < -0.4 is 32.1 Å². The number of hydrogen-bond donors (Lipinski definition) is 6. The van der Waals surface area contributed by atoms with Crippen molar-refractivity contribution in [1.82, 2.24) is 41.0 Å². The highest BCUT2D eigenvalue weighted by Gasteiger charge is 2.48. The fourth-order valence-electron chi connectivity index (χ4n) is 11.2. The van der Waals surface area contributed by atoms with E-state index < -0.39 is 59.9 Å². The molecule has 2 aliphatic carbocycles. The summed E-state index contributed by atoms with van der Waals surface area (Å²) < 4.78 is 13.1. The molecule has 5 heterocycles. The molecule has 3 aliphatic heterocycles. The standard InChI is InChI=1S/C57H64N8O13/c1-4-57(76)39-25-42-52-37(29-65(42)54(74)38(39)30-77-55(57)75)50-35(15-16-36-33(3)32(2)22-40(63-52)51(36)50)24-43(66)56(19-11-20-56)78-31-61-46(69)27-60-53(73)41(23-34-12-7-5-8-13-34)62-47(70)28-59-45(68)26-58-44(67)14-9-6-10-21-64-48(71)17-18-49(64)72/h5,7-8,12-13,17-18,22,25,35,41,76H,4,6,9-11,14-16,19-21,23-24,26-31H2,1-3H3,(H,58,67)(H,59,68)(H,60,73)(H,61,69)(H,62,70)/t35-,41+,57+/m1/s1. The summed E-state index contributed by atoms with van der Waals surface area (Å²) in [6.45, 7) is 4.28. The number of fused-ring (bicyclic) bond motifs is 5. The van der Waals surface area contributed by atoms with Gasteiger partial charge in [0.2, 0.25) is 29.5 Å². The van der Waals surface area contributed by atoms with Gasteiger partial charge in [0, 0.05) is 54.5 Å². The van der Waals surface area contributed by atoms with Crippen LogP contribution in [0.5, 0.6) is 0 Å². The van der Waals surface area contributed by atoms with E-state index in [1.807, 2.05) is 13.0 Å². The van der Waals surface area contributed by atoms with Crippen molar-refractivity contribution in [2.45, 2.75) is 134 Å². The quantitative estimate of drug-likeness (QED) is 0.0237. The number of cyclic esters (lactones) is 1. The molecule has 0 spiro atoms. The maximum atomic E-state index is 14.6. The van der Waals surface area contributed by atoms with Crippen LogP contribution in [0.25, 0.3) is 22.3 Å². The average Bonchev–Trinajstić information content (AvgIpc) is 4.11. The van der Waals surface area contributed by atoms with E-state index in [0.29, 0.717) is 61.9 Å². The summed E-state index contributed by atoms with van der Waals surface area (Å²) in [5.41, 5.74) is 4.56. The van der Waals surface area contributed by atoms with E-state index in [1.165, 1.54) is 12.2 Å². The van der Waals surface area contributed by atoms with Gasteiger partial charge in [0.1, 0.15) is 25.0 Å². The molecule has 21 nitrogen and oxygen atoms in total. The van der Waals surface area contributed by atoms with Crippen molar-refractivity contribution in [3.63, 3.8) is 0 Å². The average molecular weight is 1070 g/mol. The van der Waals surface area contributed by atoms with E-state index in [9.17, 15) is 53.1 Å². The van der Waals surface area contributed by atoms with E-state index in [1.54, 1.807) is 47.9 Å². The molecule has 1 saturated carbocycles. The topological polar surface area (TPSA) is 291 Å². The van der Waals surface area contributed by atoms with Crippen molar-refractivity contribution in [1.29, 1.82) is 0 Å². The van der Waals surface area contributed by atoms with Crippen LogP contribution in [0.15, 0.2) is 59.4 Å². The number of ether oxygens (including phenoxy) is 2. The zero-order chi connectivity index (χ0) is 55.5. The van der Waals surface area contributed by atoms with Gasteiger partial charge in [-0.15, -0.1) is 0 Å². The van der Waals surface area contributed by atoms with Crippen molar-refractivity contribution in [3.8, 4) is 11.4 Å². The third-order valence-electron chi connectivity index (χ3n) is 16.0. The number of carbonyl (C=O) groups excluding carboxylic acids is 9. The minimum Gasteiger partial charge on any atom is -0.458 e. The first-order chi connectivity index (χ1) is 37.4.